The molecule has 1 N–H and O–H groups in total. The predicted octanol–water partition coefficient (Wildman–Crippen LogP) is 4.38. The smallest absolute Gasteiger partial charge is 0.251 e. The summed E-state index contributed by atoms with van der Waals surface area (Å²) >= 11 is 0. The molecule has 1 aliphatic heterocycles. The standard InChI is InChI=1S/C27H29FN2O4/c1-32-22-9-7-19(8-10-22)27(31)29-16-24-23-15-26(34-3)25(33-2)14-20(23)11-12-30(24)17-18-5-4-6-21(28)13-18/h4-10,13-15,24H,11-12,16-17H2,1-3H3,(H,29,31)/t24-/m0/s1. The Morgan fingerprint density at radius 2 is 1.74 bits per heavy atom. The first-order valence-corrected chi connectivity index (χ1v) is 11.2. The second kappa shape index (κ2) is 10.6. The van der Waals surface area contributed by atoms with Gasteiger partial charge < -0.3 is 19.5 Å². The van der Waals surface area contributed by atoms with E-state index in [0.29, 0.717) is 35.9 Å². The lowest BCUT2D eigenvalue weighted by Gasteiger charge is -2.38. The highest BCUT2D eigenvalue weighted by Gasteiger charge is 2.29. The lowest BCUT2D eigenvalue weighted by atomic mass is 9.91. The maximum Gasteiger partial charge on any atom is 0.251 e. The minimum absolute atomic E-state index is 0.117. The van der Waals surface area contributed by atoms with Crippen LogP contribution in [-0.2, 0) is 13.0 Å². The third-order valence-corrected chi connectivity index (χ3v) is 6.20. The first-order valence-electron chi connectivity index (χ1n) is 11.2. The summed E-state index contributed by atoms with van der Waals surface area (Å²) in [5, 5.41) is 3.07. The van der Waals surface area contributed by atoms with Gasteiger partial charge in [-0.1, -0.05) is 12.1 Å². The zero-order chi connectivity index (χ0) is 24.1. The first kappa shape index (κ1) is 23.6. The Bertz CT molecular complexity index is 1150. The van der Waals surface area contributed by atoms with Gasteiger partial charge in [-0.15, -0.1) is 0 Å². The van der Waals surface area contributed by atoms with E-state index in [1.165, 1.54) is 6.07 Å². The molecule has 0 aromatic heterocycles. The number of hydrogen-bond donors (Lipinski definition) is 1. The lowest BCUT2D eigenvalue weighted by Crippen LogP contribution is -2.41. The van der Waals surface area contributed by atoms with Gasteiger partial charge in [-0.3, -0.25) is 9.69 Å². The summed E-state index contributed by atoms with van der Waals surface area (Å²) < 4.78 is 30.0. The SMILES string of the molecule is COc1ccc(C(=O)NC[C@H]2c3cc(OC)c(OC)cc3CCN2Cc2cccc(F)c2)cc1. The normalized spacial score (nSPS) is 15.4. The zero-order valence-electron chi connectivity index (χ0n) is 19.6. The van der Waals surface area contributed by atoms with Crippen LogP contribution in [0.2, 0.25) is 0 Å². The topological polar surface area (TPSA) is 60.0 Å². The van der Waals surface area contributed by atoms with E-state index in [2.05, 4.69) is 10.2 Å². The highest BCUT2D eigenvalue weighted by atomic mass is 19.1. The molecule has 0 aliphatic carbocycles. The van der Waals surface area contributed by atoms with Gasteiger partial charge >= 0.3 is 0 Å². The summed E-state index contributed by atoms with van der Waals surface area (Å²) in [6.07, 6.45) is 0.813. The Hall–Kier alpha value is -3.58. The van der Waals surface area contributed by atoms with Gasteiger partial charge in [0.25, 0.3) is 5.91 Å². The van der Waals surface area contributed by atoms with Crippen LogP contribution in [0.15, 0.2) is 60.7 Å². The summed E-state index contributed by atoms with van der Waals surface area (Å²) in [6.45, 7) is 1.72. The molecule has 0 fully saturated rings. The summed E-state index contributed by atoms with van der Waals surface area (Å²) in [6, 6.07) is 17.5. The van der Waals surface area contributed by atoms with E-state index in [9.17, 15) is 9.18 Å². The van der Waals surface area contributed by atoms with Crippen LogP contribution in [0.25, 0.3) is 0 Å². The molecule has 3 aromatic rings. The molecule has 0 bridgehead atoms. The van der Waals surface area contributed by atoms with E-state index in [1.54, 1.807) is 57.7 Å². The second-order valence-corrected chi connectivity index (χ2v) is 8.21. The molecule has 6 nitrogen and oxygen atoms in total. The Labute approximate surface area is 199 Å². The maximum atomic E-state index is 13.8. The van der Waals surface area contributed by atoms with Gasteiger partial charge in [-0.05, 0) is 71.6 Å². The van der Waals surface area contributed by atoms with E-state index in [-0.39, 0.29) is 17.8 Å². The number of halogens is 1. The van der Waals surface area contributed by atoms with Crippen LogP contribution in [0.1, 0.15) is 33.1 Å². The number of carbonyl (C=O) groups is 1. The molecule has 1 atom stereocenters. The Kier molecular flexibility index (Phi) is 7.33. The number of ether oxygens (including phenoxy) is 3. The van der Waals surface area contributed by atoms with Gasteiger partial charge in [0.05, 0.1) is 27.4 Å². The van der Waals surface area contributed by atoms with Crippen molar-refractivity contribution in [2.24, 2.45) is 0 Å². The highest BCUT2D eigenvalue weighted by molar-refractivity contribution is 5.94. The Morgan fingerprint density at radius 1 is 1.00 bits per heavy atom. The summed E-state index contributed by atoms with van der Waals surface area (Å²) in [7, 11) is 4.82. The maximum absolute atomic E-state index is 13.8. The van der Waals surface area contributed by atoms with Crippen molar-refractivity contribution in [2.75, 3.05) is 34.4 Å². The number of amides is 1. The molecule has 0 saturated carbocycles. The van der Waals surface area contributed by atoms with Gasteiger partial charge in [0, 0.05) is 25.2 Å². The average Bonchev–Trinajstić information content (AvgIpc) is 2.87. The van der Waals surface area contributed by atoms with E-state index in [4.69, 9.17) is 14.2 Å². The summed E-state index contributed by atoms with van der Waals surface area (Å²) in [4.78, 5) is 15.1. The van der Waals surface area contributed by atoms with E-state index in [1.807, 2.05) is 18.2 Å². The number of nitrogens with zero attached hydrogens (tertiary/aromatic N) is 1. The molecule has 34 heavy (non-hydrogen) atoms. The Balaban J connectivity index is 1.61. The van der Waals surface area contributed by atoms with Crippen molar-refractivity contribution in [2.45, 2.75) is 19.0 Å². The van der Waals surface area contributed by atoms with Crippen LogP contribution in [0.5, 0.6) is 17.2 Å². The second-order valence-electron chi connectivity index (χ2n) is 8.21. The molecule has 7 heteroatoms. The third kappa shape index (κ3) is 5.15. The third-order valence-electron chi connectivity index (χ3n) is 6.20. The number of benzene rings is 3. The molecule has 0 radical (unpaired) electrons. The van der Waals surface area contributed by atoms with E-state index in [0.717, 1.165) is 29.7 Å². The minimum atomic E-state index is -0.259. The molecule has 1 heterocycles. The van der Waals surface area contributed by atoms with Crippen molar-refractivity contribution in [3.05, 3.63) is 88.7 Å². The van der Waals surface area contributed by atoms with Crippen molar-refractivity contribution in [3.8, 4) is 17.2 Å². The molecule has 4 rings (SSSR count). The molecule has 0 unspecified atom stereocenters. The zero-order valence-corrected chi connectivity index (χ0v) is 19.6. The van der Waals surface area contributed by atoms with Crippen molar-refractivity contribution in [1.29, 1.82) is 0 Å². The number of fused-ring (bicyclic) bond motifs is 1. The molecule has 1 amide bonds. The fourth-order valence-corrected chi connectivity index (χ4v) is 4.41. The highest BCUT2D eigenvalue weighted by Crippen LogP contribution is 2.38. The fraction of sp³-hybridized carbons (Fsp3) is 0.296. The fourth-order valence-electron chi connectivity index (χ4n) is 4.41. The monoisotopic (exact) mass is 464 g/mol. The van der Waals surface area contributed by atoms with Crippen LogP contribution >= 0.6 is 0 Å². The van der Waals surface area contributed by atoms with Crippen molar-refractivity contribution in [1.82, 2.24) is 10.2 Å². The van der Waals surface area contributed by atoms with Gasteiger partial charge in [0.15, 0.2) is 11.5 Å². The Morgan fingerprint density at radius 3 is 2.41 bits per heavy atom. The predicted molar refractivity (Wildman–Crippen MR) is 128 cm³/mol. The molecule has 0 spiro atoms. The molecule has 1 aliphatic rings. The number of rotatable bonds is 8. The van der Waals surface area contributed by atoms with Crippen LogP contribution in [-0.4, -0.2) is 45.2 Å². The molecular weight excluding hydrogens is 435 g/mol. The molecule has 0 saturated heterocycles. The number of nitrogens with one attached hydrogen (secondary N) is 1. The summed E-state index contributed by atoms with van der Waals surface area (Å²) in [5.74, 6) is 1.59. The summed E-state index contributed by atoms with van der Waals surface area (Å²) in [5.41, 5.74) is 3.66. The van der Waals surface area contributed by atoms with Crippen molar-refractivity contribution in [3.63, 3.8) is 0 Å². The first-order chi connectivity index (χ1) is 16.5. The number of carbonyl (C=O) groups excluding carboxylic acids is 1. The number of hydrogen-bond acceptors (Lipinski definition) is 5. The number of methoxy groups -OCH3 is 3. The largest absolute Gasteiger partial charge is 0.497 e. The van der Waals surface area contributed by atoms with Crippen LogP contribution in [0.3, 0.4) is 0 Å². The average molecular weight is 465 g/mol. The van der Waals surface area contributed by atoms with Crippen LogP contribution < -0.4 is 19.5 Å². The van der Waals surface area contributed by atoms with E-state index < -0.39 is 0 Å². The van der Waals surface area contributed by atoms with Crippen molar-refractivity contribution >= 4 is 5.91 Å². The van der Waals surface area contributed by atoms with Crippen LogP contribution in [0.4, 0.5) is 4.39 Å². The minimum Gasteiger partial charge on any atom is -0.497 e. The van der Waals surface area contributed by atoms with E-state index >= 15 is 0 Å². The molecule has 3 aromatic carbocycles. The lowest BCUT2D eigenvalue weighted by molar-refractivity contribution is 0.0925. The van der Waals surface area contributed by atoms with Crippen LogP contribution in [0, 0.1) is 5.82 Å². The van der Waals surface area contributed by atoms with Crippen molar-refractivity contribution < 1.29 is 23.4 Å². The molecule has 178 valence electrons. The quantitative estimate of drug-likeness (QED) is 0.536. The van der Waals surface area contributed by atoms with Gasteiger partial charge in [-0.2, -0.15) is 0 Å². The van der Waals surface area contributed by atoms with Gasteiger partial charge in [0.2, 0.25) is 0 Å². The van der Waals surface area contributed by atoms with Gasteiger partial charge in [-0.25, -0.2) is 4.39 Å². The van der Waals surface area contributed by atoms with Gasteiger partial charge in [0.1, 0.15) is 11.6 Å². The molecular formula is C27H29FN2O4.